The lowest BCUT2D eigenvalue weighted by atomic mass is 9.79. The van der Waals surface area contributed by atoms with Crippen LogP contribution in [0.1, 0.15) is 58.9 Å². The zero-order valence-corrected chi connectivity index (χ0v) is 18.2. The van der Waals surface area contributed by atoms with Crippen LogP contribution in [0, 0.1) is 18.8 Å². The van der Waals surface area contributed by atoms with Crippen LogP contribution in [-0.4, -0.2) is 15.9 Å². The highest BCUT2D eigenvalue weighted by atomic mass is 19.4. The van der Waals surface area contributed by atoms with Gasteiger partial charge in [0.1, 0.15) is 5.82 Å². The van der Waals surface area contributed by atoms with Crippen LogP contribution in [0.15, 0.2) is 48.7 Å². The minimum Gasteiger partial charge on any atom is -0.366 e. The zero-order valence-electron chi connectivity index (χ0n) is 18.2. The predicted molar refractivity (Wildman–Crippen MR) is 119 cm³/mol. The predicted octanol–water partition coefficient (Wildman–Crippen LogP) is 6.14. The molecule has 3 atom stereocenters. The fourth-order valence-electron chi connectivity index (χ4n) is 5.69. The van der Waals surface area contributed by atoms with Gasteiger partial charge in [0.05, 0.1) is 11.3 Å². The van der Waals surface area contributed by atoms with E-state index in [-0.39, 0.29) is 0 Å². The molecule has 2 N–H and O–H groups in total. The number of carbonyl (C=O) groups excluding carboxylic acids is 1. The Morgan fingerprint density at radius 2 is 1.82 bits per heavy atom. The number of alkyl halides is 3. The van der Waals surface area contributed by atoms with Gasteiger partial charge in [-0.3, -0.25) is 4.79 Å². The normalized spacial score (nSPS) is 22.0. The average Bonchev–Trinajstić information content (AvgIpc) is 3.42. The molecule has 0 saturated heterocycles. The Morgan fingerprint density at radius 1 is 1.06 bits per heavy atom. The quantitative estimate of drug-likeness (QED) is 0.518. The van der Waals surface area contributed by atoms with Crippen molar-refractivity contribution in [1.29, 1.82) is 0 Å². The lowest BCUT2D eigenvalue weighted by molar-refractivity contribution is -0.137. The molecule has 2 aromatic carbocycles. The van der Waals surface area contributed by atoms with Gasteiger partial charge in [-0.25, -0.2) is 9.97 Å². The molecule has 1 aromatic heterocycles. The van der Waals surface area contributed by atoms with Crippen LogP contribution < -0.4 is 5.73 Å². The van der Waals surface area contributed by atoms with E-state index in [0.717, 1.165) is 24.1 Å². The summed E-state index contributed by atoms with van der Waals surface area (Å²) in [7, 11) is 0. The first-order valence-electron chi connectivity index (χ1n) is 11.2. The molecule has 2 fully saturated rings. The average molecular weight is 451 g/mol. The Kier molecular flexibility index (Phi) is 5.22. The fourth-order valence-corrected chi connectivity index (χ4v) is 5.69. The molecule has 2 saturated carbocycles. The molecule has 7 heteroatoms. The first-order chi connectivity index (χ1) is 15.7. The number of benzene rings is 2. The van der Waals surface area contributed by atoms with Crippen molar-refractivity contribution in [2.75, 3.05) is 0 Å². The highest BCUT2D eigenvalue weighted by Gasteiger charge is 2.41. The molecule has 0 unspecified atom stereocenters. The number of aryl methyl sites for hydroxylation is 1. The van der Waals surface area contributed by atoms with Crippen molar-refractivity contribution < 1.29 is 18.0 Å². The van der Waals surface area contributed by atoms with Crippen LogP contribution >= 0.6 is 0 Å². The summed E-state index contributed by atoms with van der Waals surface area (Å²) in [5.74, 6) is 1.54. The summed E-state index contributed by atoms with van der Waals surface area (Å²) in [5, 5.41) is 0. The molecule has 0 radical (unpaired) electrons. The van der Waals surface area contributed by atoms with E-state index in [9.17, 15) is 18.0 Å². The highest BCUT2D eigenvalue weighted by Crippen LogP contribution is 2.55. The SMILES string of the molecule is Cc1ncc(-c2ccc(C(F)(F)F)cc2)c(-c2c(C(N)=O)cccc2[C@@H]2C[C@H]3CC[C@@H]2C3)n1. The van der Waals surface area contributed by atoms with Crippen molar-refractivity contribution >= 4 is 5.91 Å². The van der Waals surface area contributed by atoms with Crippen LogP contribution in [0.5, 0.6) is 0 Å². The van der Waals surface area contributed by atoms with Gasteiger partial charge in [-0.05, 0) is 73.3 Å². The van der Waals surface area contributed by atoms with Gasteiger partial charge in [0.2, 0.25) is 5.91 Å². The second kappa shape index (κ2) is 7.97. The van der Waals surface area contributed by atoms with Crippen molar-refractivity contribution in [3.63, 3.8) is 0 Å². The summed E-state index contributed by atoms with van der Waals surface area (Å²) in [6.07, 6.45) is 1.87. The Hall–Kier alpha value is -3.22. The Labute approximate surface area is 190 Å². The summed E-state index contributed by atoms with van der Waals surface area (Å²) >= 11 is 0. The van der Waals surface area contributed by atoms with Gasteiger partial charge in [-0.1, -0.05) is 30.7 Å². The van der Waals surface area contributed by atoms with Crippen LogP contribution in [0.4, 0.5) is 13.2 Å². The van der Waals surface area contributed by atoms with Crippen molar-refractivity contribution in [1.82, 2.24) is 9.97 Å². The lowest BCUT2D eigenvalue weighted by Crippen LogP contribution is -2.17. The minimum atomic E-state index is -4.42. The maximum atomic E-state index is 13.1. The first-order valence-corrected chi connectivity index (χ1v) is 11.2. The number of rotatable bonds is 4. The number of hydrogen-bond donors (Lipinski definition) is 1. The number of carbonyl (C=O) groups is 1. The third kappa shape index (κ3) is 3.90. The largest absolute Gasteiger partial charge is 0.416 e. The molecular formula is C26H24F3N3O. The zero-order chi connectivity index (χ0) is 23.3. The summed E-state index contributed by atoms with van der Waals surface area (Å²) in [5.41, 5.74) is 8.83. The topological polar surface area (TPSA) is 68.9 Å². The molecule has 5 rings (SSSR count). The van der Waals surface area contributed by atoms with Gasteiger partial charge in [0.25, 0.3) is 0 Å². The summed E-state index contributed by atoms with van der Waals surface area (Å²) in [6, 6.07) is 10.5. The Morgan fingerprint density at radius 3 is 2.42 bits per heavy atom. The smallest absolute Gasteiger partial charge is 0.366 e. The number of nitrogens with zero attached hydrogens (tertiary/aromatic N) is 2. The van der Waals surface area contributed by atoms with Crippen molar-refractivity contribution in [3.05, 3.63) is 71.2 Å². The molecule has 1 amide bonds. The lowest BCUT2D eigenvalue weighted by Gasteiger charge is -2.26. The van der Waals surface area contributed by atoms with Gasteiger partial charge in [-0.15, -0.1) is 0 Å². The molecule has 170 valence electrons. The molecule has 0 spiro atoms. The number of nitrogens with two attached hydrogens (primary N) is 1. The first kappa shape index (κ1) is 21.6. The maximum Gasteiger partial charge on any atom is 0.416 e. The molecule has 3 aromatic rings. The van der Waals surface area contributed by atoms with Crippen LogP contribution in [0.2, 0.25) is 0 Å². The fraction of sp³-hybridized carbons (Fsp3) is 0.346. The number of aromatic nitrogens is 2. The number of halogens is 3. The van der Waals surface area contributed by atoms with Crippen LogP contribution in [-0.2, 0) is 6.18 Å². The van der Waals surface area contributed by atoms with E-state index >= 15 is 0 Å². The number of hydrogen-bond acceptors (Lipinski definition) is 3. The number of fused-ring (bicyclic) bond motifs is 2. The molecule has 1 heterocycles. The number of primary amides is 1. The van der Waals surface area contributed by atoms with E-state index in [4.69, 9.17) is 5.73 Å². The molecule has 2 bridgehead atoms. The van der Waals surface area contributed by atoms with E-state index in [2.05, 4.69) is 9.97 Å². The maximum absolute atomic E-state index is 13.1. The van der Waals surface area contributed by atoms with Gasteiger partial charge in [0, 0.05) is 22.9 Å². The molecule has 2 aliphatic carbocycles. The minimum absolute atomic E-state index is 0.314. The van der Waals surface area contributed by atoms with Crippen LogP contribution in [0.25, 0.3) is 22.4 Å². The third-order valence-corrected chi connectivity index (χ3v) is 7.17. The second-order valence-corrected chi connectivity index (χ2v) is 9.17. The van der Waals surface area contributed by atoms with Gasteiger partial charge < -0.3 is 5.73 Å². The van der Waals surface area contributed by atoms with Crippen LogP contribution in [0.3, 0.4) is 0 Å². The van der Waals surface area contributed by atoms with E-state index in [1.165, 1.54) is 31.4 Å². The monoisotopic (exact) mass is 451 g/mol. The molecule has 33 heavy (non-hydrogen) atoms. The van der Waals surface area contributed by atoms with E-state index in [1.807, 2.05) is 12.1 Å². The highest BCUT2D eigenvalue weighted by molar-refractivity contribution is 6.02. The van der Waals surface area contributed by atoms with Crippen molar-refractivity contribution in [2.45, 2.75) is 44.7 Å². The van der Waals surface area contributed by atoms with Gasteiger partial charge in [-0.2, -0.15) is 13.2 Å². The Balaban J connectivity index is 1.70. The van der Waals surface area contributed by atoms with Gasteiger partial charge in [0.15, 0.2) is 0 Å². The van der Waals surface area contributed by atoms with E-state index < -0.39 is 17.6 Å². The molecule has 2 aliphatic rings. The van der Waals surface area contributed by atoms with Crippen molar-refractivity contribution in [3.8, 4) is 22.4 Å². The van der Waals surface area contributed by atoms with E-state index in [0.29, 0.717) is 51.5 Å². The summed E-state index contributed by atoms with van der Waals surface area (Å²) in [6.45, 7) is 1.75. The number of amides is 1. The Bertz CT molecular complexity index is 1220. The van der Waals surface area contributed by atoms with Gasteiger partial charge >= 0.3 is 6.18 Å². The molecule has 4 nitrogen and oxygen atoms in total. The standard InChI is InChI=1S/C26H24F3N3O/c1-14-31-13-22(16-7-9-18(10-8-16)26(27,28)29)24(32-14)23-19(3-2-4-20(23)25(30)33)21-12-15-5-6-17(21)11-15/h2-4,7-10,13,15,17,21H,5-6,11-12H2,1H3,(H2,30,33)/t15-,17+,21+/m0/s1. The molecule has 0 aliphatic heterocycles. The van der Waals surface area contributed by atoms with E-state index in [1.54, 1.807) is 19.2 Å². The second-order valence-electron chi connectivity index (χ2n) is 9.17. The molecular weight excluding hydrogens is 427 g/mol. The van der Waals surface area contributed by atoms with Crippen molar-refractivity contribution in [2.24, 2.45) is 17.6 Å². The third-order valence-electron chi connectivity index (χ3n) is 7.17. The summed E-state index contributed by atoms with van der Waals surface area (Å²) < 4.78 is 39.3. The summed E-state index contributed by atoms with van der Waals surface area (Å²) in [4.78, 5) is 21.5.